The van der Waals surface area contributed by atoms with E-state index in [1.165, 1.54) is 19.3 Å². The average molecular weight is 318 g/mol. The van der Waals surface area contributed by atoms with E-state index in [4.69, 9.17) is 0 Å². The quantitative estimate of drug-likeness (QED) is 0.512. The first-order valence-corrected chi connectivity index (χ1v) is 8.90. The zero-order valence-corrected chi connectivity index (χ0v) is 14.9. The Morgan fingerprint density at radius 1 is 0.864 bits per heavy atom. The maximum atomic E-state index is 13.4. The molecule has 2 rings (SSSR count). The van der Waals surface area contributed by atoms with Gasteiger partial charge in [-0.15, -0.1) is 0 Å². The molecule has 0 spiro atoms. The van der Waals surface area contributed by atoms with E-state index in [-0.39, 0.29) is 5.41 Å². The molecule has 2 unspecified atom stereocenters. The lowest BCUT2D eigenvalue weighted by Crippen LogP contribution is -2.47. The first kappa shape index (κ1) is 18.1. The van der Waals surface area contributed by atoms with Gasteiger partial charge in [0, 0.05) is 0 Å². The second kappa shape index (κ2) is 5.70. The Balaban J connectivity index is 1.94. The fourth-order valence-electron chi connectivity index (χ4n) is 4.82. The summed E-state index contributed by atoms with van der Waals surface area (Å²) in [6.07, 6.45) is 2.38. The lowest BCUT2D eigenvalue weighted by molar-refractivity contribution is -0.261. The maximum Gasteiger partial charge on any atom is 0.394 e. The molecule has 130 valence electrons. The smallest absolute Gasteiger partial charge is 0.171 e. The van der Waals surface area contributed by atoms with Gasteiger partial charge in [-0.05, 0) is 67.6 Å². The second-order valence-electron chi connectivity index (χ2n) is 10.0. The highest BCUT2D eigenvalue weighted by Gasteiger charge is 2.59. The fourth-order valence-corrected chi connectivity index (χ4v) is 4.82. The third-order valence-electron chi connectivity index (χ3n) is 5.99. The van der Waals surface area contributed by atoms with E-state index in [9.17, 15) is 13.2 Å². The van der Waals surface area contributed by atoms with Crippen LogP contribution in [0.25, 0.3) is 0 Å². The van der Waals surface area contributed by atoms with Gasteiger partial charge in [-0.1, -0.05) is 41.0 Å². The molecule has 0 saturated heterocycles. The van der Waals surface area contributed by atoms with Crippen LogP contribution in [-0.2, 0) is 0 Å². The minimum absolute atomic E-state index is 0.197. The van der Waals surface area contributed by atoms with Crippen LogP contribution in [0.1, 0.15) is 86.0 Å². The second-order valence-corrected chi connectivity index (χ2v) is 10.0. The van der Waals surface area contributed by atoms with Crippen molar-refractivity contribution < 1.29 is 13.2 Å². The number of hydrogen-bond acceptors (Lipinski definition) is 0. The Kier molecular flexibility index (Phi) is 4.70. The minimum Gasteiger partial charge on any atom is -0.171 e. The summed E-state index contributed by atoms with van der Waals surface area (Å²) in [5.74, 6) is 1.36. The molecule has 0 aliphatic heterocycles. The molecular weight excluding hydrogens is 285 g/mol. The topological polar surface area (TPSA) is 0 Å². The predicted octanol–water partition coefficient (Wildman–Crippen LogP) is 6.99. The number of alkyl halides is 3. The molecule has 0 heterocycles. The molecule has 0 N–H and O–H groups in total. The molecule has 0 amide bonds. The van der Waals surface area contributed by atoms with Crippen LogP contribution in [0.3, 0.4) is 0 Å². The summed E-state index contributed by atoms with van der Waals surface area (Å²) < 4.78 is 40.3. The van der Waals surface area contributed by atoms with Gasteiger partial charge in [-0.2, -0.15) is 13.2 Å². The molecule has 0 aromatic carbocycles. The Morgan fingerprint density at radius 2 is 1.36 bits per heavy atom. The third-order valence-corrected chi connectivity index (χ3v) is 5.99. The summed E-state index contributed by atoms with van der Waals surface area (Å²) in [6.45, 7) is 10.9. The normalized spacial score (nSPS) is 28.9. The van der Waals surface area contributed by atoms with Crippen LogP contribution in [0, 0.1) is 28.1 Å². The monoisotopic (exact) mass is 318 g/mol. The third kappa shape index (κ3) is 4.00. The molecule has 0 aromatic rings. The summed E-state index contributed by atoms with van der Waals surface area (Å²) in [6, 6.07) is 0. The van der Waals surface area contributed by atoms with Crippen LogP contribution >= 0.6 is 0 Å². The number of hydrogen-bond donors (Lipinski definition) is 0. The molecule has 0 bridgehead atoms. The Labute approximate surface area is 134 Å². The highest BCUT2D eigenvalue weighted by molar-refractivity contribution is 4.98. The zero-order chi connectivity index (χ0) is 16.8. The summed E-state index contributed by atoms with van der Waals surface area (Å²) in [5.41, 5.74) is -1.24. The van der Waals surface area contributed by atoms with Gasteiger partial charge in [0.25, 0.3) is 0 Å². The molecule has 0 radical (unpaired) electrons. The van der Waals surface area contributed by atoms with Gasteiger partial charge >= 0.3 is 6.18 Å². The van der Waals surface area contributed by atoms with E-state index in [1.807, 2.05) is 0 Å². The minimum atomic E-state index is -4.02. The molecule has 3 heteroatoms. The summed E-state index contributed by atoms with van der Waals surface area (Å²) in [4.78, 5) is 0. The van der Waals surface area contributed by atoms with Gasteiger partial charge in [-0.25, -0.2) is 0 Å². The van der Waals surface area contributed by atoms with Gasteiger partial charge in [0.15, 0.2) is 0 Å². The van der Waals surface area contributed by atoms with Crippen molar-refractivity contribution in [2.75, 3.05) is 0 Å². The molecule has 2 aliphatic carbocycles. The van der Waals surface area contributed by atoms with Crippen LogP contribution in [0.2, 0.25) is 0 Å². The van der Waals surface area contributed by atoms with Crippen LogP contribution in [0.5, 0.6) is 0 Å². The summed E-state index contributed by atoms with van der Waals surface area (Å²) in [5, 5.41) is 0. The van der Waals surface area contributed by atoms with Gasteiger partial charge in [0.2, 0.25) is 0 Å². The first-order chi connectivity index (χ1) is 9.84. The van der Waals surface area contributed by atoms with E-state index >= 15 is 0 Å². The van der Waals surface area contributed by atoms with Crippen molar-refractivity contribution in [1.82, 2.24) is 0 Å². The first-order valence-electron chi connectivity index (χ1n) is 8.90. The number of halogens is 3. The van der Waals surface area contributed by atoms with Crippen molar-refractivity contribution in [3.05, 3.63) is 0 Å². The standard InChI is InChI=1S/C19H33F3/c1-16(2,3)11-14-7-8-15(14)12-17(4,5)13-18(9-6-10-18)19(20,21)22/h14-15H,6-13H2,1-5H3. The molecule has 2 fully saturated rings. The lowest BCUT2D eigenvalue weighted by atomic mass is 9.56. The molecule has 2 atom stereocenters. The summed E-state index contributed by atoms with van der Waals surface area (Å²) >= 11 is 0. The molecule has 2 saturated carbocycles. The fraction of sp³-hybridized carbons (Fsp3) is 1.00. The van der Waals surface area contributed by atoms with Gasteiger partial charge in [-0.3, -0.25) is 0 Å². The molecular formula is C19H33F3. The Hall–Kier alpha value is -0.210. The number of rotatable bonds is 5. The Morgan fingerprint density at radius 3 is 1.68 bits per heavy atom. The van der Waals surface area contributed by atoms with Gasteiger partial charge < -0.3 is 0 Å². The molecule has 22 heavy (non-hydrogen) atoms. The highest BCUT2D eigenvalue weighted by atomic mass is 19.4. The van der Waals surface area contributed by atoms with Crippen molar-refractivity contribution >= 4 is 0 Å². The SMILES string of the molecule is CC(C)(C)CC1CCC1CC(C)(C)CC1(C(F)(F)F)CCC1. The van der Waals surface area contributed by atoms with Gasteiger partial charge in [0.1, 0.15) is 0 Å². The maximum absolute atomic E-state index is 13.4. The van der Waals surface area contributed by atoms with Crippen LogP contribution in [-0.4, -0.2) is 6.18 Å². The largest absolute Gasteiger partial charge is 0.394 e. The van der Waals surface area contributed by atoms with Crippen molar-refractivity contribution in [2.45, 2.75) is 92.2 Å². The van der Waals surface area contributed by atoms with Crippen molar-refractivity contribution in [3.8, 4) is 0 Å². The van der Waals surface area contributed by atoms with E-state index < -0.39 is 11.6 Å². The van der Waals surface area contributed by atoms with Crippen molar-refractivity contribution in [2.24, 2.45) is 28.1 Å². The van der Waals surface area contributed by atoms with Gasteiger partial charge in [0.05, 0.1) is 5.41 Å². The Bertz CT molecular complexity index is 382. The van der Waals surface area contributed by atoms with E-state index in [0.29, 0.717) is 30.6 Å². The lowest BCUT2D eigenvalue weighted by Gasteiger charge is -2.50. The van der Waals surface area contributed by atoms with Crippen LogP contribution in [0.15, 0.2) is 0 Å². The van der Waals surface area contributed by atoms with E-state index in [2.05, 4.69) is 34.6 Å². The van der Waals surface area contributed by atoms with Crippen LogP contribution < -0.4 is 0 Å². The molecule has 0 nitrogen and oxygen atoms in total. The van der Waals surface area contributed by atoms with E-state index in [0.717, 1.165) is 18.8 Å². The molecule has 0 aromatic heterocycles. The molecule has 2 aliphatic rings. The summed E-state index contributed by atoms with van der Waals surface area (Å²) in [7, 11) is 0. The highest BCUT2D eigenvalue weighted by Crippen LogP contribution is 2.60. The van der Waals surface area contributed by atoms with Crippen molar-refractivity contribution in [1.29, 1.82) is 0 Å². The van der Waals surface area contributed by atoms with Crippen molar-refractivity contribution in [3.63, 3.8) is 0 Å². The van der Waals surface area contributed by atoms with E-state index in [1.54, 1.807) is 0 Å². The predicted molar refractivity (Wildman–Crippen MR) is 85.6 cm³/mol. The average Bonchev–Trinajstić information content (AvgIpc) is 2.24. The zero-order valence-electron chi connectivity index (χ0n) is 14.9. The van der Waals surface area contributed by atoms with Crippen LogP contribution in [0.4, 0.5) is 13.2 Å².